The number of hydrogen-bond donors (Lipinski definition) is 0. The molecule has 3 rings (SSSR count). The summed E-state index contributed by atoms with van der Waals surface area (Å²) in [5.74, 6) is 1.96. The average Bonchev–Trinajstić information content (AvgIpc) is 2.85. The lowest BCUT2D eigenvalue weighted by atomic mass is 9.99. The molecule has 2 aromatic heterocycles. The van der Waals surface area contributed by atoms with Crippen LogP contribution < -0.4 is 0 Å². The van der Waals surface area contributed by atoms with Gasteiger partial charge in [-0.15, -0.1) is 0 Å². The van der Waals surface area contributed by atoms with Crippen molar-refractivity contribution in [3.63, 3.8) is 0 Å². The van der Waals surface area contributed by atoms with Gasteiger partial charge in [-0.05, 0) is 11.6 Å². The molecule has 1 saturated heterocycles. The van der Waals surface area contributed by atoms with Gasteiger partial charge in [-0.2, -0.15) is 0 Å². The van der Waals surface area contributed by atoms with Gasteiger partial charge in [-0.1, -0.05) is 13.0 Å². The Morgan fingerprint density at radius 1 is 1.32 bits per heavy atom. The third-order valence-corrected chi connectivity index (χ3v) is 3.73. The van der Waals surface area contributed by atoms with Gasteiger partial charge >= 0.3 is 0 Å². The van der Waals surface area contributed by atoms with Crippen LogP contribution in [0.2, 0.25) is 0 Å². The van der Waals surface area contributed by atoms with E-state index in [9.17, 15) is 0 Å². The normalized spacial score (nSPS) is 16.5. The van der Waals surface area contributed by atoms with E-state index in [1.165, 1.54) is 24.5 Å². The number of pyridine rings is 1. The van der Waals surface area contributed by atoms with Crippen LogP contribution >= 0.6 is 0 Å². The van der Waals surface area contributed by atoms with E-state index < -0.39 is 0 Å². The van der Waals surface area contributed by atoms with Gasteiger partial charge in [-0.3, -0.25) is 9.88 Å². The quantitative estimate of drug-likeness (QED) is 0.820. The lowest BCUT2D eigenvalue weighted by Gasteiger charge is -2.39. The fraction of sp³-hybridized carbons (Fsp3) is 0.467. The summed E-state index contributed by atoms with van der Waals surface area (Å²) >= 11 is 0. The van der Waals surface area contributed by atoms with Crippen molar-refractivity contribution in [2.45, 2.75) is 26.4 Å². The predicted molar refractivity (Wildman–Crippen MR) is 74.6 cm³/mol. The van der Waals surface area contributed by atoms with E-state index in [1.807, 2.05) is 24.7 Å². The van der Waals surface area contributed by atoms with E-state index in [1.54, 1.807) is 0 Å². The summed E-state index contributed by atoms with van der Waals surface area (Å²) in [5, 5.41) is 0. The summed E-state index contributed by atoms with van der Waals surface area (Å²) < 4.78 is 2.30. The minimum Gasteiger partial charge on any atom is -0.335 e. The molecule has 0 amide bonds. The molecule has 0 unspecified atom stereocenters. The van der Waals surface area contributed by atoms with Crippen LogP contribution in [0, 0.1) is 5.92 Å². The molecular formula is C15H20N4. The summed E-state index contributed by atoms with van der Waals surface area (Å²) in [6.45, 7) is 6.64. The topological polar surface area (TPSA) is 34.0 Å². The molecule has 1 fully saturated rings. The van der Waals surface area contributed by atoms with Gasteiger partial charge in [0.25, 0.3) is 0 Å². The first-order valence-corrected chi connectivity index (χ1v) is 6.96. The van der Waals surface area contributed by atoms with E-state index in [-0.39, 0.29) is 0 Å². The number of rotatable bonds is 5. The Hall–Kier alpha value is -1.68. The van der Waals surface area contributed by atoms with Crippen molar-refractivity contribution >= 4 is 0 Å². The second kappa shape index (κ2) is 5.53. The van der Waals surface area contributed by atoms with Crippen molar-refractivity contribution in [3.8, 4) is 0 Å². The number of aromatic nitrogens is 3. The monoisotopic (exact) mass is 256 g/mol. The van der Waals surface area contributed by atoms with E-state index >= 15 is 0 Å². The highest BCUT2D eigenvalue weighted by Crippen LogP contribution is 2.20. The van der Waals surface area contributed by atoms with E-state index in [2.05, 4.69) is 38.6 Å². The van der Waals surface area contributed by atoms with Gasteiger partial charge in [0, 0.05) is 63.3 Å². The van der Waals surface area contributed by atoms with Gasteiger partial charge in [-0.25, -0.2) is 4.98 Å². The third kappa shape index (κ3) is 2.84. The zero-order valence-corrected chi connectivity index (χ0v) is 11.4. The van der Waals surface area contributed by atoms with E-state index in [0.717, 1.165) is 25.4 Å². The maximum absolute atomic E-state index is 4.37. The number of likely N-dealkylation sites (tertiary alicyclic amines) is 1. The molecule has 1 aliphatic rings. The molecule has 4 heteroatoms. The SMILES string of the molecule is CCc1nccn1CC1CN(Cc2cccnc2)C1. The van der Waals surface area contributed by atoms with Crippen LogP contribution in [0.1, 0.15) is 18.3 Å². The molecule has 0 aliphatic carbocycles. The maximum atomic E-state index is 4.37. The molecule has 0 radical (unpaired) electrons. The van der Waals surface area contributed by atoms with Gasteiger partial charge in [0.05, 0.1) is 0 Å². The van der Waals surface area contributed by atoms with Crippen molar-refractivity contribution in [1.29, 1.82) is 0 Å². The lowest BCUT2D eigenvalue weighted by Crippen LogP contribution is -2.47. The van der Waals surface area contributed by atoms with Gasteiger partial charge < -0.3 is 4.57 Å². The predicted octanol–water partition coefficient (Wildman–Crippen LogP) is 1.97. The largest absolute Gasteiger partial charge is 0.335 e. The van der Waals surface area contributed by atoms with Crippen molar-refractivity contribution in [2.24, 2.45) is 5.92 Å². The van der Waals surface area contributed by atoms with E-state index in [0.29, 0.717) is 0 Å². The third-order valence-electron chi connectivity index (χ3n) is 3.73. The smallest absolute Gasteiger partial charge is 0.108 e. The highest BCUT2D eigenvalue weighted by atomic mass is 15.2. The molecular weight excluding hydrogens is 236 g/mol. The van der Waals surface area contributed by atoms with Crippen LogP contribution in [0.3, 0.4) is 0 Å². The van der Waals surface area contributed by atoms with Crippen LogP contribution in [0.4, 0.5) is 0 Å². The van der Waals surface area contributed by atoms with Crippen molar-refractivity contribution in [3.05, 3.63) is 48.3 Å². The van der Waals surface area contributed by atoms with Gasteiger partial charge in [0.1, 0.15) is 5.82 Å². The molecule has 3 heterocycles. The van der Waals surface area contributed by atoms with Crippen LogP contribution in [-0.4, -0.2) is 32.5 Å². The highest BCUT2D eigenvalue weighted by Gasteiger charge is 2.27. The zero-order valence-electron chi connectivity index (χ0n) is 11.4. The van der Waals surface area contributed by atoms with Gasteiger partial charge in [0.15, 0.2) is 0 Å². The molecule has 4 nitrogen and oxygen atoms in total. The first-order chi connectivity index (χ1) is 9.35. The Labute approximate surface area is 114 Å². The minimum absolute atomic E-state index is 0.760. The van der Waals surface area contributed by atoms with Crippen molar-refractivity contribution in [1.82, 2.24) is 19.4 Å². The van der Waals surface area contributed by atoms with Crippen LogP contribution in [-0.2, 0) is 19.5 Å². The molecule has 0 N–H and O–H groups in total. The maximum Gasteiger partial charge on any atom is 0.108 e. The van der Waals surface area contributed by atoms with Crippen LogP contribution in [0.25, 0.3) is 0 Å². The standard InChI is InChI=1S/C15H20N4/c1-2-15-17-6-7-19(15)12-14-10-18(11-14)9-13-4-3-5-16-8-13/h3-8,14H,2,9-12H2,1H3. The Kier molecular flexibility index (Phi) is 3.60. The number of hydrogen-bond acceptors (Lipinski definition) is 3. The Morgan fingerprint density at radius 2 is 2.21 bits per heavy atom. The molecule has 0 spiro atoms. The molecule has 0 atom stereocenters. The first-order valence-electron chi connectivity index (χ1n) is 6.96. The Balaban J connectivity index is 1.48. The lowest BCUT2D eigenvalue weighted by molar-refractivity contribution is 0.0797. The fourth-order valence-corrected chi connectivity index (χ4v) is 2.77. The Bertz CT molecular complexity index is 514. The number of imidazole rings is 1. The molecule has 19 heavy (non-hydrogen) atoms. The summed E-state index contributed by atoms with van der Waals surface area (Å²) in [6, 6.07) is 4.15. The summed E-state index contributed by atoms with van der Waals surface area (Å²) in [6.07, 6.45) is 8.80. The number of aryl methyl sites for hydroxylation is 1. The molecule has 100 valence electrons. The fourth-order valence-electron chi connectivity index (χ4n) is 2.77. The molecule has 2 aromatic rings. The molecule has 1 aliphatic heterocycles. The second-order valence-electron chi connectivity index (χ2n) is 5.27. The summed E-state index contributed by atoms with van der Waals surface area (Å²) in [4.78, 5) is 11.0. The van der Waals surface area contributed by atoms with Crippen LogP contribution in [0.15, 0.2) is 36.9 Å². The number of nitrogens with zero attached hydrogens (tertiary/aromatic N) is 4. The minimum atomic E-state index is 0.760. The Morgan fingerprint density at radius 3 is 2.95 bits per heavy atom. The molecule has 0 bridgehead atoms. The molecule has 0 saturated carbocycles. The van der Waals surface area contributed by atoms with Crippen molar-refractivity contribution in [2.75, 3.05) is 13.1 Å². The average molecular weight is 256 g/mol. The highest BCUT2D eigenvalue weighted by molar-refractivity contribution is 5.09. The second-order valence-corrected chi connectivity index (χ2v) is 5.27. The van der Waals surface area contributed by atoms with Gasteiger partial charge in [0.2, 0.25) is 0 Å². The van der Waals surface area contributed by atoms with Crippen molar-refractivity contribution < 1.29 is 0 Å². The zero-order chi connectivity index (χ0) is 13.1. The van der Waals surface area contributed by atoms with E-state index in [4.69, 9.17) is 0 Å². The summed E-state index contributed by atoms with van der Waals surface area (Å²) in [7, 11) is 0. The summed E-state index contributed by atoms with van der Waals surface area (Å²) in [5.41, 5.74) is 1.30. The first kappa shape index (κ1) is 12.4. The van der Waals surface area contributed by atoms with Crippen LogP contribution in [0.5, 0.6) is 0 Å². The molecule has 0 aromatic carbocycles.